The van der Waals surface area contributed by atoms with E-state index in [1.54, 1.807) is 7.11 Å². The van der Waals surface area contributed by atoms with E-state index in [0.717, 1.165) is 31.9 Å². The summed E-state index contributed by atoms with van der Waals surface area (Å²) in [5, 5.41) is 0. The first-order valence-electron chi connectivity index (χ1n) is 6.89. The summed E-state index contributed by atoms with van der Waals surface area (Å²) in [5.74, 6) is 0.595. The summed E-state index contributed by atoms with van der Waals surface area (Å²) >= 11 is 0. The van der Waals surface area contributed by atoms with Gasteiger partial charge in [-0.25, -0.2) is 0 Å². The first-order valence-corrected chi connectivity index (χ1v) is 6.89. The Balaban J connectivity index is 1.98. The van der Waals surface area contributed by atoms with Crippen molar-refractivity contribution in [1.29, 1.82) is 0 Å². The third kappa shape index (κ3) is 2.88. The average molecular weight is 277 g/mol. The maximum absolute atomic E-state index is 11.5. The lowest BCUT2D eigenvalue weighted by Crippen LogP contribution is -2.59. The highest BCUT2D eigenvalue weighted by atomic mass is 16.5. The van der Waals surface area contributed by atoms with Gasteiger partial charge in [0.05, 0.1) is 12.6 Å². The van der Waals surface area contributed by atoms with Gasteiger partial charge in [-0.15, -0.1) is 0 Å². The Kier molecular flexibility index (Phi) is 4.18. The van der Waals surface area contributed by atoms with Crippen molar-refractivity contribution in [3.63, 3.8) is 0 Å². The van der Waals surface area contributed by atoms with Crippen molar-refractivity contribution in [2.24, 2.45) is 5.73 Å². The van der Waals surface area contributed by atoms with E-state index in [2.05, 4.69) is 21.9 Å². The molecule has 0 bridgehead atoms. The smallest absolute Gasteiger partial charge is 0.237 e. The molecule has 20 heavy (non-hydrogen) atoms. The number of hydrogen-bond acceptors (Lipinski definition) is 4. The molecule has 1 aliphatic rings. The van der Waals surface area contributed by atoms with E-state index in [-0.39, 0.29) is 5.91 Å². The molecule has 0 unspecified atom stereocenters. The van der Waals surface area contributed by atoms with Gasteiger partial charge in [-0.3, -0.25) is 9.69 Å². The number of benzene rings is 1. The van der Waals surface area contributed by atoms with Gasteiger partial charge in [0.2, 0.25) is 5.91 Å². The Bertz CT molecular complexity index is 463. The van der Waals surface area contributed by atoms with Crippen molar-refractivity contribution in [3.8, 4) is 5.75 Å². The average Bonchev–Trinajstić information content (AvgIpc) is 2.47. The second-order valence-corrected chi connectivity index (χ2v) is 5.60. The van der Waals surface area contributed by atoms with Crippen molar-refractivity contribution in [2.75, 3.05) is 38.2 Å². The molecule has 0 aromatic heterocycles. The fraction of sp³-hybridized carbons (Fsp3) is 0.533. The van der Waals surface area contributed by atoms with Crippen LogP contribution in [-0.2, 0) is 4.79 Å². The maximum atomic E-state index is 11.5. The maximum Gasteiger partial charge on any atom is 0.237 e. The number of nitrogens with two attached hydrogens (primary N) is 1. The highest BCUT2D eigenvalue weighted by molar-refractivity contribution is 5.83. The molecule has 5 nitrogen and oxygen atoms in total. The van der Waals surface area contributed by atoms with Gasteiger partial charge in [-0.05, 0) is 38.1 Å². The number of hydrogen-bond donors (Lipinski definition) is 1. The Morgan fingerprint density at radius 3 is 2.15 bits per heavy atom. The van der Waals surface area contributed by atoms with Gasteiger partial charge in [0.15, 0.2) is 0 Å². The molecule has 5 heteroatoms. The predicted molar refractivity (Wildman–Crippen MR) is 80.1 cm³/mol. The van der Waals surface area contributed by atoms with Crippen LogP contribution in [0.3, 0.4) is 0 Å². The van der Waals surface area contributed by atoms with Crippen LogP contribution in [0.1, 0.15) is 13.8 Å². The summed E-state index contributed by atoms with van der Waals surface area (Å²) in [6, 6.07) is 8.06. The minimum atomic E-state index is -0.577. The van der Waals surface area contributed by atoms with Gasteiger partial charge in [0.1, 0.15) is 5.75 Å². The lowest BCUT2D eigenvalue weighted by molar-refractivity contribution is -0.128. The quantitative estimate of drug-likeness (QED) is 0.895. The minimum absolute atomic E-state index is 0.268. The first kappa shape index (κ1) is 14.7. The van der Waals surface area contributed by atoms with Crippen LogP contribution in [0.15, 0.2) is 24.3 Å². The van der Waals surface area contributed by atoms with E-state index >= 15 is 0 Å². The van der Waals surface area contributed by atoms with E-state index in [0.29, 0.717) is 0 Å². The van der Waals surface area contributed by atoms with Gasteiger partial charge in [-0.2, -0.15) is 0 Å². The van der Waals surface area contributed by atoms with Crippen LogP contribution in [0.25, 0.3) is 0 Å². The van der Waals surface area contributed by atoms with Gasteiger partial charge in [0.25, 0.3) is 0 Å². The molecule has 0 saturated carbocycles. The highest BCUT2D eigenvalue weighted by Gasteiger charge is 2.34. The Hall–Kier alpha value is -1.75. The molecule has 0 aliphatic carbocycles. The van der Waals surface area contributed by atoms with Crippen molar-refractivity contribution >= 4 is 11.6 Å². The zero-order chi connectivity index (χ0) is 14.8. The molecule has 0 spiro atoms. The van der Waals surface area contributed by atoms with Crippen molar-refractivity contribution < 1.29 is 9.53 Å². The predicted octanol–water partition coefficient (Wildman–Crippen LogP) is 1.08. The van der Waals surface area contributed by atoms with E-state index in [1.165, 1.54) is 5.69 Å². The molecule has 1 amide bonds. The molecular weight excluding hydrogens is 254 g/mol. The van der Waals surface area contributed by atoms with Gasteiger partial charge >= 0.3 is 0 Å². The third-order valence-corrected chi connectivity index (χ3v) is 4.11. The molecule has 0 atom stereocenters. The summed E-state index contributed by atoms with van der Waals surface area (Å²) in [6.07, 6.45) is 0. The molecule has 0 radical (unpaired) electrons. The molecule has 1 heterocycles. The van der Waals surface area contributed by atoms with Gasteiger partial charge < -0.3 is 15.4 Å². The molecule has 1 saturated heterocycles. The zero-order valence-corrected chi connectivity index (χ0v) is 12.4. The van der Waals surface area contributed by atoms with E-state index in [1.807, 2.05) is 26.0 Å². The molecule has 1 aromatic carbocycles. The van der Waals surface area contributed by atoms with Crippen LogP contribution in [0, 0.1) is 0 Å². The minimum Gasteiger partial charge on any atom is -0.497 e. The second kappa shape index (κ2) is 5.71. The molecule has 1 aromatic rings. The van der Waals surface area contributed by atoms with E-state index < -0.39 is 5.54 Å². The molecule has 1 fully saturated rings. The number of carbonyl (C=O) groups is 1. The number of methoxy groups -OCH3 is 1. The lowest BCUT2D eigenvalue weighted by atomic mass is 10.0. The molecule has 110 valence electrons. The third-order valence-electron chi connectivity index (χ3n) is 4.11. The Labute approximate surface area is 120 Å². The Morgan fingerprint density at radius 1 is 1.15 bits per heavy atom. The number of amides is 1. The lowest BCUT2D eigenvalue weighted by Gasteiger charge is -2.43. The molecular formula is C15H23N3O2. The topological polar surface area (TPSA) is 58.8 Å². The molecule has 2 rings (SSSR count). The van der Waals surface area contributed by atoms with E-state index in [4.69, 9.17) is 10.5 Å². The monoisotopic (exact) mass is 277 g/mol. The second-order valence-electron chi connectivity index (χ2n) is 5.60. The number of carbonyl (C=O) groups excluding carboxylic acids is 1. The number of nitrogens with zero attached hydrogens (tertiary/aromatic N) is 2. The summed E-state index contributed by atoms with van der Waals surface area (Å²) < 4.78 is 5.17. The number of ether oxygens (including phenoxy) is 1. The van der Waals surface area contributed by atoms with Crippen LogP contribution in [-0.4, -0.2) is 49.6 Å². The number of piperazine rings is 1. The van der Waals surface area contributed by atoms with Gasteiger partial charge in [-0.1, -0.05) is 0 Å². The van der Waals surface area contributed by atoms with Crippen LogP contribution in [0.5, 0.6) is 5.75 Å². The number of rotatable bonds is 4. The van der Waals surface area contributed by atoms with E-state index in [9.17, 15) is 4.79 Å². The SMILES string of the molecule is COc1ccc(N2CCN(C(C)(C)C(N)=O)CC2)cc1. The normalized spacial score (nSPS) is 17.1. The highest BCUT2D eigenvalue weighted by Crippen LogP contribution is 2.23. The summed E-state index contributed by atoms with van der Waals surface area (Å²) in [7, 11) is 1.67. The molecule has 1 aliphatic heterocycles. The first-order chi connectivity index (χ1) is 9.45. The Morgan fingerprint density at radius 2 is 1.70 bits per heavy atom. The zero-order valence-electron chi connectivity index (χ0n) is 12.4. The van der Waals surface area contributed by atoms with Crippen molar-refractivity contribution in [1.82, 2.24) is 4.90 Å². The fourth-order valence-corrected chi connectivity index (χ4v) is 2.47. The number of anilines is 1. The van der Waals surface area contributed by atoms with Crippen LogP contribution >= 0.6 is 0 Å². The van der Waals surface area contributed by atoms with Crippen LogP contribution < -0.4 is 15.4 Å². The van der Waals surface area contributed by atoms with Crippen molar-refractivity contribution in [3.05, 3.63) is 24.3 Å². The summed E-state index contributed by atoms with van der Waals surface area (Å²) in [5.41, 5.74) is 6.08. The summed E-state index contributed by atoms with van der Waals surface area (Å²) in [6.45, 7) is 7.23. The molecule has 2 N–H and O–H groups in total. The van der Waals surface area contributed by atoms with Crippen LogP contribution in [0.4, 0.5) is 5.69 Å². The van der Waals surface area contributed by atoms with Crippen LogP contribution in [0.2, 0.25) is 0 Å². The largest absolute Gasteiger partial charge is 0.497 e. The van der Waals surface area contributed by atoms with Crippen molar-refractivity contribution in [2.45, 2.75) is 19.4 Å². The number of primary amides is 1. The van der Waals surface area contributed by atoms with Gasteiger partial charge in [0, 0.05) is 31.9 Å². The standard InChI is InChI=1S/C15H23N3O2/c1-15(2,14(16)19)18-10-8-17(9-11-18)12-4-6-13(20-3)7-5-12/h4-7H,8-11H2,1-3H3,(H2,16,19). The summed E-state index contributed by atoms with van der Waals surface area (Å²) in [4.78, 5) is 16.0. The fourth-order valence-electron chi connectivity index (χ4n) is 2.47.